The molecule has 0 saturated heterocycles. The first-order chi connectivity index (χ1) is 8.74. The van der Waals surface area contributed by atoms with Crippen molar-refractivity contribution < 1.29 is 4.39 Å². The molecule has 3 aromatic rings. The van der Waals surface area contributed by atoms with E-state index >= 15 is 0 Å². The maximum absolute atomic E-state index is 13.1. The van der Waals surface area contributed by atoms with Gasteiger partial charge in [0.2, 0.25) is 0 Å². The Morgan fingerprint density at radius 3 is 2.89 bits per heavy atom. The van der Waals surface area contributed by atoms with Crippen LogP contribution in [0.1, 0.15) is 0 Å². The van der Waals surface area contributed by atoms with Gasteiger partial charge >= 0.3 is 0 Å². The number of aromatic nitrogens is 3. The largest absolute Gasteiger partial charge is 0.258 e. The molecule has 1 aromatic carbocycles. The molecule has 0 aliphatic rings. The Balaban J connectivity index is 2.00. The molecular weight excluding hydrogens is 317 g/mol. The van der Waals surface area contributed by atoms with Gasteiger partial charge < -0.3 is 0 Å². The molecule has 3 nitrogen and oxygen atoms in total. The minimum absolute atomic E-state index is 0.298. The fraction of sp³-hybridized carbons (Fsp3) is 0. The van der Waals surface area contributed by atoms with E-state index in [1.54, 1.807) is 23.5 Å². The number of hydrogen-bond donors (Lipinski definition) is 1. The predicted octanol–water partition coefficient (Wildman–Crippen LogP) is 4.10. The van der Waals surface area contributed by atoms with Crippen molar-refractivity contribution in [2.24, 2.45) is 0 Å². The summed E-state index contributed by atoms with van der Waals surface area (Å²) in [6.45, 7) is 0. The van der Waals surface area contributed by atoms with Crippen LogP contribution >= 0.6 is 27.3 Å². The molecule has 1 N–H and O–H groups in total. The molecule has 18 heavy (non-hydrogen) atoms. The first kappa shape index (κ1) is 11.6. The summed E-state index contributed by atoms with van der Waals surface area (Å²) in [6.07, 6.45) is 0. The highest BCUT2D eigenvalue weighted by Gasteiger charge is 2.09. The topological polar surface area (TPSA) is 41.6 Å². The van der Waals surface area contributed by atoms with Crippen LogP contribution in [-0.2, 0) is 0 Å². The maximum Gasteiger partial charge on any atom is 0.181 e. The molecule has 0 fully saturated rings. The SMILES string of the molecule is Fc1ccc(-c2n[nH]c(-c3cccs3)n2)cc1Br. The van der Waals surface area contributed by atoms with E-state index in [-0.39, 0.29) is 5.82 Å². The standard InChI is InChI=1S/C12H7BrFN3S/c13-8-6-7(3-4-9(8)14)11-15-12(17-16-11)10-2-1-5-18-10/h1-6H,(H,15,16,17). The third-order valence-corrected chi connectivity index (χ3v) is 3.90. The molecular formula is C12H7BrFN3S. The molecule has 0 saturated carbocycles. The van der Waals surface area contributed by atoms with E-state index < -0.39 is 0 Å². The van der Waals surface area contributed by atoms with Crippen LogP contribution in [0.3, 0.4) is 0 Å². The van der Waals surface area contributed by atoms with Gasteiger partial charge in [0.15, 0.2) is 11.6 Å². The summed E-state index contributed by atoms with van der Waals surface area (Å²) >= 11 is 4.74. The van der Waals surface area contributed by atoms with Gasteiger partial charge in [0, 0.05) is 5.56 Å². The Bertz CT molecular complexity index is 678. The van der Waals surface area contributed by atoms with Crippen LogP contribution < -0.4 is 0 Å². The van der Waals surface area contributed by atoms with Crippen molar-refractivity contribution in [1.82, 2.24) is 15.2 Å². The van der Waals surface area contributed by atoms with Crippen LogP contribution in [0.15, 0.2) is 40.2 Å². The number of hydrogen-bond acceptors (Lipinski definition) is 3. The number of aromatic amines is 1. The molecule has 90 valence electrons. The van der Waals surface area contributed by atoms with Crippen LogP contribution in [0.4, 0.5) is 4.39 Å². The van der Waals surface area contributed by atoms with Gasteiger partial charge in [-0.15, -0.1) is 11.3 Å². The first-order valence-electron chi connectivity index (χ1n) is 5.16. The number of thiophene rings is 1. The van der Waals surface area contributed by atoms with Crippen LogP contribution in [0.5, 0.6) is 0 Å². The van der Waals surface area contributed by atoms with Gasteiger partial charge in [0.25, 0.3) is 0 Å². The van der Waals surface area contributed by atoms with Crippen molar-refractivity contribution >= 4 is 27.3 Å². The molecule has 2 aromatic heterocycles. The summed E-state index contributed by atoms with van der Waals surface area (Å²) in [5, 5.41) is 9.00. The molecule has 0 unspecified atom stereocenters. The third-order valence-electron chi connectivity index (χ3n) is 2.42. The van der Waals surface area contributed by atoms with Gasteiger partial charge in [-0.1, -0.05) is 6.07 Å². The zero-order valence-electron chi connectivity index (χ0n) is 9.02. The lowest BCUT2D eigenvalue weighted by Gasteiger charge is -1.97. The number of benzene rings is 1. The van der Waals surface area contributed by atoms with Gasteiger partial charge in [-0.2, -0.15) is 5.10 Å². The smallest absolute Gasteiger partial charge is 0.181 e. The summed E-state index contributed by atoms with van der Waals surface area (Å²) in [5.41, 5.74) is 0.766. The number of rotatable bonds is 2. The molecule has 2 heterocycles. The average molecular weight is 324 g/mol. The Labute approximate surface area is 115 Å². The summed E-state index contributed by atoms with van der Waals surface area (Å²) in [5.74, 6) is 0.979. The lowest BCUT2D eigenvalue weighted by Crippen LogP contribution is -1.83. The minimum Gasteiger partial charge on any atom is -0.258 e. The highest BCUT2D eigenvalue weighted by atomic mass is 79.9. The van der Waals surface area contributed by atoms with Gasteiger partial charge in [-0.05, 0) is 45.6 Å². The summed E-state index contributed by atoms with van der Waals surface area (Å²) in [6, 6.07) is 8.63. The lowest BCUT2D eigenvalue weighted by molar-refractivity contribution is 0.621. The third kappa shape index (κ3) is 2.09. The monoisotopic (exact) mass is 323 g/mol. The zero-order valence-corrected chi connectivity index (χ0v) is 11.4. The van der Waals surface area contributed by atoms with Crippen molar-refractivity contribution in [1.29, 1.82) is 0 Å². The van der Waals surface area contributed by atoms with E-state index in [1.165, 1.54) is 6.07 Å². The highest BCUT2D eigenvalue weighted by Crippen LogP contribution is 2.26. The average Bonchev–Trinajstić information content (AvgIpc) is 3.01. The number of nitrogens with zero attached hydrogens (tertiary/aromatic N) is 2. The Morgan fingerprint density at radius 2 is 2.17 bits per heavy atom. The van der Waals surface area contributed by atoms with E-state index in [0.29, 0.717) is 10.3 Å². The number of halogens is 2. The van der Waals surface area contributed by atoms with Crippen LogP contribution in [0, 0.1) is 5.82 Å². The molecule has 0 bridgehead atoms. The number of nitrogens with one attached hydrogen (secondary N) is 1. The normalized spacial score (nSPS) is 10.8. The van der Waals surface area contributed by atoms with Crippen molar-refractivity contribution in [2.45, 2.75) is 0 Å². The van der Waals surface area contributed by atoms with Crippen molar-refractivity contribution in [3.63, 3.8) is 0 Å². The van der Waals surface area contributed by atoms with Gasteiger partial charge in [-0.25, -0.2) is 9.37 Å². The first-order valence-corrected chi connectivity index (χ1v) is 6.83. The second-order valence-electron chi connectivity index (χ2n) is 3.61. The lowest BCUT2D eigenvalue weighted by atomic mass is 10.2. The molecule has 0 aliphatic carbocycles. The van der Waals surface area contributed by atoms with Gasteiger partial charge in [0.1, 0.15) is 5.82 Å². The Morgan fingerprint density at radius 1 is 1.28 bits per heavy atom. The zero-order chi connectivity index (χ0) is 12.5. The fourth-order valence-electron chi connectivity index (χ4n) is 1.55. The van der Waals surface area contributed by atoms with Crippen molar-refractivity contribution in [3.05, 3.63) is 46.0 Å². The van der Waals surface area contributed by atoms with Gasteiger partial charge in [-0.3, -0.25) is 5.10 Å². The Hall–Kier alpha value is -1.53. The molecule has 0 spiro atoms. The van der Waals surface area contributed by atoms with E-state index in [1.807, 2.05) is 17.5 Å². The van der Waals surface area contributed by atoms with Crippen molar-refractivity contribution in [2.75, 3.05) is 0 Å². The summed E-state index contributed by atoms with van der Waals surface area (Å²) < 4.78 is 13.6. The van der Waals surface area contributed by atoms with Crippen molar-refractivity contribution in [3.8, 4) is 22.1 Å². The van der Waals surface area contributed by atoms with E-state index in [4.69, 9.17) is 0 Å². The molecule has 3 rings (SSSR count). The summed E-state index contributed by atoms with van der Waals surface area (Å²) in [4.78, 5) is 5.42. The van der Waals surface area contributed by atoms with Gasteiger partial charge in [0.05, 0.1) is 9.35 Å². The second kappa shape index (κ2) is 4.62. The molecule has 0 amide bonds. The predicted molar refractivity (Wildman–Crippen MR) is 72.8 cm³/mol. The molecule has 0 radical (unpaired) electrons. The van der Waals surface area contributed by atoms with Crippen LogP contribution in [0.25, 0.3) is 22.1 Å². The number of H-pyrrole nitrogens is 1. The quantitative estimate of drug-likeness (QED) is 0.771. The van der Waals surface area contributed by atoms with E-state index in [9.17, 15) is 4.39 Å². The molecule has 6 heteroatoms. The fourth-order valence-corrected chi connectivity index (χ4v) is 2.59. The Kier molecular flexibility index (Phi) is 2.97. The van der Waals surface area contributed by atoms with E-state index in [0.717, 1.165) is 16.3 Å². The van der Waals surface area contributed by atoms with Crippen LogP contribution in [0.2, 0.25) is 0 Å². The van der Waals surface area contributed by atoms with Crippen LogP contribution in [-0.4, -0.2) is 15.2 Å². The second-order valence-corrected chi connectivity index (χ2v) is 5.42. The highest BCUT2D eigenvalue weighted by molar-refractivity contribution is 9.10. The summed E-state index contributed by atoms with van der Waals surface area (Å²) in [7, 11) is 0. The maximum atomic E-state index is 13.1. The molecule has 0 atom stereocenters. The minimum atomic E-state index is -0.298. The molecule has 0 aliphatic heterocycles. The van der Waals surface area contributed by atoms with E-state index in [2.05, 4.69) is 31.1 Å².